The first kappa shape index (κ1) is 22.1. The lowest BCUT2D eigenvalue weighted by Crippen LogP contribution is -2.47. The van der Waals surface area contributed by atoms with E-state index >= 15 is 0 Å². The maximum atomic E-state index is 13.8. The quantitative estimate of drug-likeness (QED) is 0.576. The number of carbonyl (C=O) groups is 2. The van der Waals surface area contributed by atoms with E-state index < -0.39 is 6.04 Å². The van der Waals surface area contributed by atoms with Crippen LogP contribution in [0, 0.1) is 13.8 Å². The topological polar surface area (TPSA) is 75.2 Å². The molecule has 166 valence electrons. The van der Waals surface area contributed by atoms with Crippen LogP contribution in [0.5, 0.6) is 0 Å². The highest BCUT2D eigenvalue weighted by molar-refractivity contribution is 7.14. The Morgan fingerprint density at radius 3 is 2.47 bits per heavy atom. The molecule has 1 atom stereocenters. The minimum absolute atomic E-state index is 0.140. The molecule has 7 heteroatoms. The number of benzene rings is 1. The van der Waals surface area contributed by atoms with Crippen LogP contribution in [-0.2, 0) is 4.79 Å². The predicted octanol–water partition coefficient (Wildman–Crippen LogP) is 4.99. The number of hydrogen-bond acceptors (Lipinski definition) is 5. The van der Waals surface area contributed by atoms with E-state index in [1.54, 1.807) is 4.90 Å². The first-order chi connectivity index (χ1) is 15.5. The first-order valence-corrected chi connectivity index (χ1v) is 11.9. The van der Waals surface area contributed by atoms with Crippen LogP contribution in [0.25, 0.3) is 0 Å². The van der Waals surface area contributed by atoms with Crippen molar-refractivity contribution in [1.29, 1.82) is 0 Å². The number of carbonyl (C=O) groups excluding carboxylic acids is 2. The molecule has 2 aromatic heterocycles. The second kappa shape index (κ2) is 10.0. The van der Waals surface area contributed by atoms with Crippen LogP contribution in [0.15, 0.2) is 54.3 Å². The molecule has 0 bridgehead atoms. The molecule has 6 nitrogen and oxygen atoms in total. The van der Waals surface area contributed by atoms with Crippen molar-refractivity contribution in [2.24, 2.45) is 0 Å². The van der Waals surface area contributed by atoms with Gasteiger partial charge in [-0.15, -0.1) is 11.3 Å². The molecule has 1 saturated carbocycles. The van der Waals surface area contributed by atoms with Gasteiger partial charge in [-0.1, -0.05) is 48.6 Å². The van der Waals surface area contributed by atoms with Crippen LogP contribution < -0.4 is 10.2 Å². The van der Waals surface area contributed by atoms with Crippen molar-refractivity contribution in [3.8, 4) is 0 Å². The highest BCUT2D eigenvalue weighted by Crippen LogP contribution is 2.34. The van der Waals surface area contributed by atoms with Crippen LogP contribution in [0.2, 0.25) is 0 Å². The van der Waals surface area contributed by atoms with E-state index in [2.05, 4.69) is 21.4 Å². The second-order valence-corrected chi connectivity index (χ2v) is 9.31. The van der Waals surface area contributed by atoms with E-state index in [0.29, 0.717) is 5.00 Å². The minimum atomic E-state index is -0.802. The fourth-order valence-corrected chi connectivity index (χ4v) is 5.15. The summed E-state index contributed by atoms with van der Waals surface area (Å²) in [6.07, 6.45) is 9.86. The van der Waals surface area contributed by atoms with Gasteiger partial charge < -0.3 is 5.32 Å². The van der Waals surface area contributed by atoms with Gasteiger partial charge in [-0.2, -0.15) is 0 Å². The van der Waals surface area contributed by atoms with Crippen molar-refractivity contribution < 1.29 is 9.59 Å². The number of amides is 2. The van der Waals surface area contributed by atoms with Gasteiger partial charge in [0.25, 0.3) is 5.91 Å². The fraction of sp³-hybridized carbons (Fsp3) is 0.360. The fourth-order valence-electron chi connectivity index (χ4n) is 4.40. The molecule has 1 N–H and O–H groups in total. The number of aryl methyl sites for hydroxylation is 2. The molecule has 1 fully saturated rings. The van der Waals surface area contributed by atoms with Gasteiger partial charge >= 0.3 is 0 Å². The van der Waals surface area contributed by atoms with Gasteiger partial charge in [-0.05, 0) is 49.8 Å². The zero-order valence-electron chi connectivity index (χ0n) is 18.5. The number of hydrogen-bond donors (Lipinski definition) is 1. The van der Waals surface area contributed by atoms with Crippen molar-refractivity contribution in [3.63, 3.8) is 0 Å². The molecule has 1 aromatic carbocycles. The maximum absolute atomic E-state index is 13.8. The molecule has 32 heavy (non-hydrogen) atoms. The van der Waals surface area contributed by atoms with Crippen LogP contribution >= 0.6 is 11.3 Å². The smallest absolute Gasteiger partial charge is 0.280 e. The standard InChI is InChI=1S/C25H28N4O2S/c1-17-13-18(2)15-19(14-17)23(24(30)28-20-7-4-3-5-8-20)29(22-9-6-12-32-22)25(31)21-16-26-10-11-27-21/h6,9-16,20,23H,3-5,7-8H2,1-2H3,(H,28,30). The highest BCUT2D eigenvalue weighted by atomic mass is 32.1. The number of nitrogens with zero attached hydrogens (tertiary/aromatic N) is 3. The summed E-state index contributed by atoms with van der Waals surface area (Å²) in [5, 5.41) is 5.85. The summed E-state index contributed by atoms with van der Waals surface area (Å²) in [7, 11) is 0. The van der Waals surface area contributed by atoms with Gasteiger partial charge in [0.15, 0.2) is 0 Å². The molecule has 0 spiro atoms. The van der Waals surface area contributed by atoms with Gasteiger partial charge in [0.2, 0.25) is 5.91 Å². The second-order valence-electron chi connectivity index (χ2n) is 8.38. The van der Waals surface area contributed by atoms with E-state index in [0.717, 1.165) is 42.4 Å². The van der Waals surface area contributed by atoms with Gasteiger partial charge in [0, 0.05) is 18.4 Å². The van der Waals surface area contributed by atoms with Gasteiger partial charge in [0.1, 0.15) is 11.7 Å². The van der Waals surface area contributed by atoms with Crippen LogP contribution in [0.1, 0.15) is 65.3 Å². The maximum Gasteiger partial charge on any atom is 0.280 e. The molecule has 0 aliphatic heterocycles. The molecule has 4 rings (SSSR count). The molecular weight excluding hydrogens is 420 g/mol. The molecule has 0 saturated heterocycles. The Bertz CT molecular complexity index is 1040. The molecule has 1 aliphatic carbocycles. The number of rotatable bonds is 6. The Hall–Kier alpha value is -3.06. The van der Waals surface area contributed by atoms with Gasteiger partial charge in [-0.3, -0.25) is 19.5 Å². The van der Waals surface area contributed by atoms with E-state index in [9.17, 15) is 9.59 Å². The summed E-state index contributed by atoms with van der Waals surface area (Å²) < 4.78 is 0. The Morgan fingerprint density at radius 1 is 1.09 bits per heavy atom. The van der Waals surface area contributed by atoms with Crippen LogP contribution in [-0.4, -0.2) is 27.8 Å². The third kappa shape index (κ3) is 5.05. The Kier molecular flexibility index (Phi) is 6.95. The van der Waals surface area contributed by atoms with Crippen molar-refractivity contribution in [2.45, 2.75) is 58.0 Å². The Labute approximate surface area is 192 Å². The number of thiophene rings is 1. The lowest BCUT2D eigenvalue weighted by Gasteiger charge is -2.32. The summed E-state index contributed by atoms with van der Waals surface area (Å²) in [5.41, 5.74) is 3.10. The summed E-state index contributed by atoms with van der Waals surface area (Å²) in [6.45, 7) is 4.01. The van der Waals surface area contributed by atoms with E-state index in [1.807, 2.05) is 43.5 Å². The molecule has 2 heterocycles. The molecule has 1 unspecified atom stereocenters. The van der Waals surface area contributed by atoms with Crippen molar-refractivity contribution >= 4 is 28.2 Å². The Morgan fingerprint density at radius 2 is 1.84 bits per heavy atom. The summed E-state index contributed by atoms with van der Waals surface area (Å²) in [4.78, 5) is 37.3. The summed E-state index contributed by atoms with van der Waals surface area (Å²) >= 11 is 1.43. The minimum Gasteiger partial charge on any atom is -0.351 e. The van der Waals surface area contributed by atoms with Crippen molar-refractivity contribution in [1.82, 2.24) is 15.3 Å². The Balaban J connectivity index is 1.79. The van der Waals surface area contributed by atoms with Crippen LogP contribution in [0.3, 0.4) is 0 Å². The summed E-state index contributed by atoms with van der Waals surface area (Å²) in [6, 6.07) is 9.13. The molecule has 3 aromatic rings. The molecule has 0 radical (unpaired) electrons. The molecular formula is C25H28N4O2S. The van der Waals surface area contributed by atoms with Gasteiger partial charge in [0.05, 0.1) is 11.2 Å². The lowest BCUT2D eigenvalue weighted by atomic mass is 9.94. The SMILES string of the molecule is Cc1cc(C)cc(C(C(=O)NC2CCCCC2)N(C(=O)c2cnccn2)c2cccs2)c1. The average molecular weight is 449 g/mol. The molecule has 2 amide bonds. The zero-order valence-corrected chi connectivity index (χ0v) is 19.3. The predicted molar refractivity (Wildman–Crippen MR) is 127 cm³/mol. The van der Waals surface area contributed by atoms with Crippen molar-refractivity contribution in [2.75, 3.05) is 4.90 Å². The number of aromatic nitrogens is 2. The lowest BCUT2D eigenvalue weighted by molar-refractivity contribution is -0.123. The van der Waals surface area contributed by atoms with E-state index in [1.165, 1.54) is 36.3 Å². The third-order valence-electron chi connectivity index (χ3n) is 5.76. The van der Waals surface area contributed by atoms with E-state index in [-0.39, 0.29) is 23.6 Å². The third-order valence-corrected chi connectivity index (χ3v) is 6.63. The van der Waals surface area contributed by atoms with E-state index in [4.69, 9.17) is 0 Å². The number of nitrogens with one attached hydrogen (secondary N) is 1. The average Bonchev–Trinajstić information content (AvgIpc) is 3.32. The summed E-state index contributed by atoms with van der Waals surface area (Å²) in [5.74, 6) is -0.504. The normalized spacial score (nSPS) is 15.2. The van der Waals surface area contributed by atoms with Crippen molar-refractivity contribution in [3.05, 3.63) is 76.7 Å². The zero-order chi connectivity index (χ0) is 22.5. The van der Waals surface area contributed by atoms with Gasteiger partial charge in [-0.25, -0.2) is 4.98 Å². The monoisotopic (exact) mass is 448 g/mol. The largest absolute Gasteiger partial charge is 0.351 e. The first-order valence-electron chi connectivity index (χ1n) is 11.0. The number of anilines is 1. The highest BCUT2D eigenvalue weighted by Gasteiger charge is 2.36. The molecule has 1 aliphatic rings. The van der Waals surface area contributed by atoms with Crippen LogP contribution in [0.4, 0.5) is 5.00 Å².